The van der Waals surface area contributed by atoms with Gasteiger partial charge in [0.15, 0.2) is 0 Å². The van der Waals surface area contributed by atoms with E-state index in [1.54, 1.807) is 41.6 Å². The van der Waals surface area contributed by atoms with Crippen molar-refractivity contribution in [1.29, 1.82) is 0 Å². The maximum atomic E-state index is 12.6. The van der Waals surface area contributed by atoms with Crippen LogP contribution in [0.3, 0.4) is 0 Å². The number of amides is 1. The molecule has 0 N–H and O–H groups in total. The molecule has 0 fully saturated rings. The first-order valence-corrected chi connectivity index (χ1v) is 9.07. The fourth-order valence-electron chi connectivity index (χ4n) is 2.76. The van der Waals surface area contributed by atoms with Gasteiger partial charge in [-0.15, -0.1) is 0 Å². The number of hydrogen-bond donors (Lipinski definition) is 0. The molecule has 0 bridgehead atoms. The second kappa shape index (κ2) is 6.33. The molecule has 0 spiro atoms. The highest BCUT2D eigenvalue weighted by Crippen LogP contribution is 2.24. The van der Waals surface area contributed by atoms with Gasteiger partial charge in [-0.05, 0) is 41.8 Å². The average Bonchev–Trinajstić information content (AvgIpc) is 2.60. The summed E-state index contributed by atoms with van der Waals surface area (Å²) in [5.41, 5.74) is 2.56. The largest absolute Gasteiger partial charge is 0.334 e. The van der Waals surface area contributed by atoms with E-state index in [-0.39, 0.29) is 10.8 Å². The summed E-state index contributed by atoms with van der Waals surface area (Å²) in [5.74, 6) is -0.0658. The van der Waals surface area contributed by atoms with E-state index in [9.17, 15) is 13.2 Å². The highest BCUT2D eigenvalue weighted by Gasteiger charge is 2.24. The van der Waals surface area contributed by atoms with Crippen LogP contribution in [0.15, 0.2) is 47.6 Å². The third-order valence-electron chi connectivity index (χ3n) is 4.18. The Hall–Kier alpha value is -2.25. The van der Waals surface area contributed by atoms with Gasteiger partial charge in [-0.3, -0.25) is 9.78 Å². The molecule has 0 saturated carbocycles. The first-order chi connectivity index (χ1) is 11.4. The van der Waals surface area contributed by atoms with Crippen LogP contribution in [-0.2, 0) is 23.0 Å². The minimum atomic E-state index is -3.48. The van der Waals surface area contributed by atoms with Gasteiger partial charge in [0.2, 0.25) is 10.0 Å². The number of carbonyl (C=O) groups excluding carboxylic acids is 1. The molecule has 24 heavy (non-hydrogen) atoms. The third-order valence-corrected chi connectivity index (χ3v) is 5.99. The summed E-state index contributed by atoms with van der Waals surface area (Å²) in [6.07, 6.45) is 3.90. The molecular formula is C17H19N3O3S. The summed E-state index contributed by atoms with van der Waals surface area (Å²) >= 11 is 0. The highest BCUT2D eigenvalue weighted by molar-refractivity contribution is 7.89. The molecule has 2 aromatic rings. The molecule has 0 unspecified atom stereocenters. The van der Waals surface area contributed by atoms with Crippen molar-refractivity contribution in [2.75, 3.05) is 20.6 Å². The maximum Gasteiger partial charge on any atom is 0.254 e. The predicted octanol–water partition coefficient (Wildman–Crippen LogP) is 1.53. The second-order valence-corrected chi connectivity index (χ2v) is 8.08. The summed E-state index contributed by atoms with van der Waals surface area (Å²) in [6, 6.07) is 8.53. The van der Waals surface area contributed by atoms with Crippen LogP contribution in [0, 0.1) is 0 Å². The molecule has 0 aliphatic carbocycles. The molecule has 1 amide bonds. The lowest BCUT2D eigenvalue weighted by atomic mass is 9.99. The van der Waals surface area contributed by atoms with E-state index < -0.39 is 10.0 Å². The molecule has 1 aliphatic heterocycles. The smallest absolute Gasteiger partial charge is 0.254 e. The Kier molecular flexibility index (Phi) is 4.38. The minimum Gasteiger partial charge on any atom is -0.334 e. The van der Waals surface area contributed by atoms with Crippen LogP contribution in [0.4, 0.5) is 0 Å². The molecule has 1 aromatic heterocycles. The lowest BCUT2D eigenvalue weighted by Gasteiger charge is -2.29. The summed E-state index contributed by atoms with van der Waals surface area (Å²) in [4.78, 5) is 18.5. The Bertz CT molecular complexity index is 864. The van der Waals surface area contributed by atoms with Gasteiger partial charge in [-0.25, -0.2) is 12.7 Å². The number of aromatic nitrogens is 1. The zero-order valence-electron chi connectivity index (χ0n) is 13.6. The lowest BCUT2D eigenvalue weighted by Crippen LogP contribution is -2.36. The fraction of sp³-hybridized carbons (Fsp3) is 0.294. The van der Waals surface area contributed by atoms with Gasteiger partial charge < -0.3 is 4.90 Å². The van der Waals surface area contributed by atoms with Gasteiger partial charge in [0, 0.05) is 45.1 Å². The van der Waals surface area contributed by atoms with E-state index in [1.165, 1.54) is 18.4 Å². The molecule has 2 heterocycles. The lowest BCUT2D eigenvalue weighted by molar-refractivity contribution is 0.0734. The predicted molar refractivity (Wildman–Crippen MR) is 90.0 cm³/mol. The van der Waals surface area contributed by atoms with Crippen molar-refractivity contribution < 1.29 is 13.2 Å². The van der Waals surface area contributed by atoms with Crippen LogP contribution in [-0.4, -0.2) is 49.2 Å². The van der Waals surface area contributed by atoms with Crippen molar-refractivity contribution in [1.82, 2.24) is 14.2 Å². The summed E-state index contributed by atoms with van der Waals surface area (Å²) in [6.45, 7) is 1.03. The van der Waals surface area contributed by atoms with Crippen LogP contribution in [0.5, 0.6) is 0 Å². The van der Waals surface area contributed by atoms with E-state index in [0.717, 1.165) is 11.1 Å². The van der Waals surface area contributed by atoms with E-state index in [1.807, 2.05) is 6.07 Å². The standard InChI is InChI=1S/C17H19N3O3S/c1-19(2)24(22,23)16-4-3-13-7-10-20(12-15(13)11-16)17(21)14-5-8-18-9-6-14/h3-6,8-9,11H,7,10,12H2,1-2H3. The highest BCUT2D eigenvalue weighted by atomic mass is 32.2. The number of hydrogen-bond acceptors (Lipinski definition) is 4. The van der Waals surface area contributed by atoms with Gasteiger partial charge in [-0.2, -0.15) is 0 Å². The molecule has 0 atom stereocenters. The first kappa shape index (κ1) is 16.6. The van der Waals surface area contributed by atoms with E-state index in [2.05, 4.69) is 4.98 Å². The number of nitrogens with zero attached hydrogens (tertiary/aromatic N) is 3. The van der Waals surface area contributed by atoms with Crippen LogP contribution in [0.2, 0.25) is 0 Å². The zero-order valence-corrected chi connectivity index (χ0v) is 14.5. The van der Waals surface area contributed by atoms with Gasteiger partial charge >= 0.3 is 0 Å². The fourth-order valence-corrected chi connectivity index (χ4v) is 3.71. The number of rotatable bonds is 3. The van der Waals surface area contributed by atoms with Crippen LogP contribution in [0.1, 0.15) is 21.5 Å². The average molecular weight is 345 g/mol. The number of fused-ring (bicyclic) bond motifs is 1. The normalized spacial score (nSPS) is 14.5. The summed E-state index contributed by atoms with van der Waals surface area (Å²) in [7, 11) is -0.463. The molecule has 1 aliphatic rings. The number of pyridine rings is 1. The topological polar surface area (TPSA) is 70.6 Å². The van der Waals surface area contributed by atoms with Crippen molar-refractivity contribution in [3.8, 4) is 0 Å². The molecule has 126 valence electrons. The zero-order chi connectivity index (χ0) is 17.3. The van der Waals surface area contributed by atoms with Crippen LogP contribution >= 0.6 is 0 Å². The molecule has 7 heteroatoms. The maximum absolute atomic E-state index is 12.6. The molecule has 0 radical (unpaired) electrons. The Morgan fingerprint density at radius 2 is 1.83 bits per heavy atom. The van der Waals surface area contributed by atoms with Gasteiger partial charge in [-0.1, -0.05) is 6.07 Å². The van der Waals surface area contributed by atoms with Gasteiger partial charge in [0.25, 0.3) is 5.91 Å². The molecule has 3 rings (SSSR count). The molecule has 6 nitrogen and oxygen atoms in total. The Labute approximate surface area is 141 Å². The second-order valence-electron chi connectivity index (χ2n) is 5.93. The van der Waals surface area contributed by atoms with Gasteiger partial charge in [0.1, 0.15) is 0 Å². The van der Waals surface area contributed by atoms with Crippen molar-refractivity contribution in [3.63, 3.8) is 0 Å². The molecule has 0 saturated heterocycles. The van der Waals surface area contributed by atoms with E-state index >= 15 is 0 Å². The quantitative estimate of drug-likeness (QED) is 0.846. The van der Waals surface area contributed by atoms with Crippen LogP contribution < -0.4 is 0 Å². The Morgan fingerprint density at radius 3 is 2.50 bits per heavy atom. The van der Waals surface area contributed by atoms with E-state index in [0.29, 0.717) is 25.1 Å². The van der Waals surface area contributed by atoms with Gasteiger partial charge in [0.05, 0.1) is 4.90 Å². The molecule has 1 aromatic carbocycles. The Balaban J connectivity index is 1.89. The summed E-state index contributed by atoms with van der Waals surface area (Å²) < 4.78 is 25.8. The number of carbonyl (C=O) groups is 1. The van der Waals surface area contributed by atoms with Crippen molar-refractivity contribution in [2.24, 2.45) is 0 Å². The van der Waals surface area contributed by atoms with Crippen molar-refractivity contribution >= 4 is 15.9 Å². The van der Waals surface area contributed by atoms with E-state index in [4.69, 9.17) is 0 Å². The first-order valence-electron chi connectivity index (χ1n) is 7.63. The third kappa shape index (κ3) is 3.05. The van der Waals surface area contributed by atoms with Crippen LogP contribution in [0.25, 0.3) is 0 Å². The number of benzene rings is 1. The summed E-state index contributed by atoms with van der Waals surface area (Å²) in [5, 5.41) is 0. The van der Waals surface area contributed by atoms with Crippen molar-refractivity contribution in [2.45, 2.75) is 17.9 Å². The Morgan fingerprint density at radius 1 is 1.12 bits per heavy atom. The molecular weight excluding hydrogens is 326 g/mol. The van der Waals surface area contributed by atoms with Crippen molar-refractivity contribution in [3.05, 3.63) is 59.4 Å². The minimum absolute atomic E-state index is 0.0658. The number of sulfonamides is 1. The monoisotopic (exact) mass is 345 g/mol. The SMILES string of the molecule is CN(C)S(=O)(=O)c1ccc2c(c1)CN(C(=O)c1ccncc1)CC2.